The summed E-state index contributed by atoms with van der Waals surface area (Å²) in [6.07, 6.45) is 0.652. The third-order valence-corrected chi connectivity index (χ3v) is 4.17. The molecule has 15 heavy (non-hydrogen) atoms. The molecule has 0 amide bonds. The normalized spacial score (nSPS) is 54.0. The van der Waals surface area contributed by atoms with Crippen LogP contribution in [0.15, 0.2) is 0 Å². The molecule has 4 unspecified atom stereocenters. The van der Waals surface area contributed by atoms with Crippen LogP contribution in [-0.4, -0.2) is 24.3 Å². The molecule has 0 aromatic heterocycles. The van der Waals surface area contributed by atoms with Gasteiger partial charge in [0.1, 0.15) is 5.41 Å². The molecule has 2 fully saturated rings. The van der Waals surface area contributed by atoms with E-state index < -0.39 is 11.0 Å². The van der Waals surface area contributed by atoms with Gasteiger partial charge in [0.05, 0.1) is 19.5 Å². The SMILES string of the molecule is [B][C@@H]1C(C)C(=O)C2(C#N)CC1C(C)(O)C2. The molecular weight excluding hydrogens is 189 g/mol. The third-order valence-electron chi connectivity index (χ3n) is 4.17. The summed E-state index contributed by atoms with van der Waals surface area (Å²) in [4.78, 5) is 12.0. The van der Waals surface area contributed by atoms with E-state index in [9.17, 15) is 9.90 Å². The second-order valence-corrected chi connectivity index (χ2v) is 5.27. The van der Waals surface area contributed by atoms with Crippen LogP contribution in [0.4, 0.5) is 0 Å². The van der Waals surface area contributed by atoms with Crippen molar-refractivity contribution in [1.82, 2.24) is 0 Å². The fourth-order valence-corrected chi connectivity index (χ4v) is 3.25. The van der Waals surface area contributed by atoms with Crippen molar-refractivity contribution in [2.24, 2.45) is 17.3 Å². The summed E-state index contributed by atoms with van der Waals surface area (Å²) in [5.74, 6) is -0.870. The lowest BCUT2D eigenvalue weighted by molar-refractivity contribution is -0.131. The first-order valence-corrected chi connectivity index (χ1v) is 5.27. The summed E-state index contributed by atoms with van der Waals surface area (Å²) >= 11 is 0. The average Bonchev–Trinajstić information content (AvgIpc) is 2.44. The molecule has 0 aliphatic heterocycles. The van der Waals surface area contributed by atoms with Crippen molar-refractivity contribution in [3.63, 3.8) is 0 Å². The van der Waals surface area contributed by atoms with Crippen LogP contribution in [0.25, 0.3) is 0 Å². The van der Waals surface area contributed by atoms with Crippen molar-refractivity contribution in [2.45, 2.75) is 38.1 Å². The lowest BCUT2D eigenvalue weighted by Gasteiger charge is -2.37. The monoisotopic (exact) mass is 203 g/mol. The number of aliphatic hydroxyl groups is 1. The quantitative estimate of drug-likeness (QED) is 0.593. The van der Waals surface area contributed by atoms with Gasteiger partial charge in [-0.15, -0.1) is 0 Å². The van der Waals surface area contributed by atoms with Crippen LogP contribution in [0.3, 0.4) is 0 Å². The first-order chi connectivity index (χ1) is 6.84. The molecule has 0 spiro atoms. The Hall–Kier alpha value is -0.815. The number of carbonyl (C=O) groups excluding carboxylic acids is 1. The van der Waals surface area contributed by atoms with E-state index in [1.807, 2.05) is 0 Å². The van der Waals surface area contributed by atoms with Gasteiger partial charge >= 0.3 is 0 Å². The largest absolute Gasteiger partial charge is 0.390 e. The zero-order valence-corrected chi connectivity index (χ0v) is 9.03. The second-order valence-electron chi connectivity index (χ2n) is 5.27. The molecule has 0 saturated heterocycles. The van der Waals surface area contributed by atoms with Crippen molar-refractivity contribution in [1.29, 1.82) is 5.26 Å². The van der Waals surface area contributed by atoms with E-state index in [1.54, 1.807) is 13.8 Å². The van der Waals surface area contributed by atoms with E-state index >= 15 is 0 Å². The van der Waals surface area contributed by atoms with Gasteiger partial charge in [0.15, 0.2) is 5.78 Å². The van der Waals surface area contributed by atoms with E-state index in [2.05, 4.69) is 6.07 Å². The third kappa shape index (κ3) is 1.19. The number of ketones is 1. The summed E-state index contributed by atoms with van der Waals surface area (Å²) in [6, 6.07) is 2.10. The van der Waals surface area contributed by atoms with Gasteiger partial charge < -0.3 is 5.11 Å². The maximum Gasteiger partial charge on any atom is 0.155 e. The minimum absolute atomic E-state index is 0.0912. The summed E-state index contributed by atoms with van der Waals surface area (Å²) in [6.45, 7) is 3.44. The van der Waals surface area contributed by atoms with Gasteiger partial charge in [-0.25, -0.2) is 0 Å². The Morgan fingerprint density at radius 2 is 2.27 bits per heavy atom. The van der Waals surface area contributed by atoms with Crippen molar-refractivity contribution in [3.05, 3.63) is 0 Å². The highest BCUT2D eigenvalue weighted by atomic mass is 16.3. The van der Waals surface area contributed by atoms with Gasteiger partial charge in [0.25, 0.3) is 0 Å². The maximum atomic E-state index is 12.0. The number of hydrogen-bond donors (Lipinski definition) is 1. The van der Waals surface area contributed by atoms with E-state index in [1.165, 1.54) is 0 Å². The predicted molar refractivity (Wildman–Crippen MR) is 55.1 cm³/mol. The summed E-state index contributed by atoms with van der Waals surface area (Å²) in [5, 5.41) is 19.3. The molecule has 2 saturated carbocycles. The Balaban J connectivity index is 2.49. The molecule has 78 valence electrons. The van der Waals surface area contributed by atoms with Gasteiger partial charge in [-0.05, 0) is 19.3 Å². The number of rotatable bonds is 0. The zero-order chi connectivity index (χ0) is 11.4. The average molecular weight is 203 g/mol. The molecule has 2 rings (SSSR count). The molecule has 4 heteroatoms. The predicted octanol–water partition coefficient (Wildman–Crippen LogP) is 0.833. The highest BCUT2D eigenvalue weighted by Gasteiger charge is 2.62. The molecule has 5 atom stereocenters. The Bertz CT molecular complexity index is 360. The molecule has 2 bridgehead atoms. The standard InChI is InChI=1S/C11H14BNO2/c1-6-8(12)7-3-11(5-13,9(6)14)4-10(7,2)15/h6-8,15H,3-4H2,1-2H3/t6?,7?,8-,10?,11?/m1/s1. The van der Waals surface area contributed by atoms with Gasteiger partial charge in [-0.3, -0.25) is 4.79 Å². The second kappa shape index (κ2) is 2.86. The number of nitriles is 1. The Kier molecular flexibility index (Phi) is 2.04. The van der Waals surface area contributed by atoms with Crippen LogP contribution in [0.1, 0.15) is 26.7 Å². The maximum absolute atomic E-state index is 12.0. The number of fused-ring (bicyclic) bond motifs is 2. The fraction of sp³-hybridized carbons (Fsp3) is 0.818. The van der Waals surface area contributed by atoms with E-state index in [0.29, 0.717) is 6.42 Å². The fourth-order valence-electron chi connectivity index (χ4n) is 3.25. The Labute approximate surface area is 90.9 Å². The topological polar surface area (TPSA) is 61.1 Å². The van der Waals surface area contributed by atoms with E-state index in [-0.39, 0.29) is 29.9 Å². The molecule has 0 aromatic rings. The van der Waals surface area contributed by atoms with Crippen LogP contribution in [0.5, 0.6) is 0 Å². The highest BCUT2D eigenvalue weighted by Crippen LogP contribution is 2.58. The number of carbonyl (C=O) groups is 1. The molecule has 2 radical (unpaired) electrons. The first kappa shape index (κ1) is 10.7. The Morgan fingerprint density at radius 1 is 1.67 bits per heavy atom. The van der Waals surface area contributed by atoms with Crippen molar-refractivity contribution in [2.75, 3.05) is 0 Å². The molecular formula is C11H14BNO2. The van der Waals surface area contributed by atoms with E-state index in [4.69, 9.17) is 13.1 Å². The number of hydrogen-bond acceptors (Lipinski definition) is 3. The summed E-state index contributed by atoms with van der Waals surface area (Å²) in [5.41, 5.74) is -1.96. The van der Waals surface area contributed by atoms with Crippen LogP contribution in [0, 0.1) is 28.6 Å². The smallest absolute Gasteiger partial charge is 0.155 e. The van der Waals surface area contributed by atoms with Crippen LogP contribution < -0.4 is 0 Å². The van der Waals surface area contributed by atoms with Crippen molar-refractivity contribution in [3.8, 4) is 6.07 Å². The zero-order valence-electron chi connectivity index (χ0n) is 9.03. The number of nitrogens with zero attached hydrogens (tertiary/aromatic N) is 1. The lowest BCUT2D eigenvalue weighted by Crippen LogP contribution is -2.40. The summed E-state index contributed by atoms with van der Waals surface area (Å²) < 4.78 is 0. The van der Waals surface area contributed by atoms with Gasteiger partial charge in [-0.1, -0.05) is 12.7 Å². The van der Waals surface area contributed by atoms with Crippen LogP contribution in [-0.2, 0) is 4.79 Å². The molecule has 2 aliphatic carbocycles. The minimum atomic E-state index is -0.983. The van der Waals surface area contributed by atoms with Gasteiger partial charge in [0.2, 0.25) is 0 Å². The first-order valence-electron chi connectivity index (χ1n) is 5.27. The Morgan fingerprint density at radius 3 is 2.80 bits per heavy atom. The van der Waals surface area contributed by atoms with Crippen LogP contribution >= 0.6 is 0 Å². The minimum Gasteiger partial charge on any atom is -0.390 e. The van der Waals surface area contributed by atoms with Gasteiger partial charge in [-0.2, -0.15) is 5.26 Å². The molecule has 2 aliphatic rings. The van der Waals surface area contributed by atoms with Gasteiger partial charge in [0, 0.05) is 12.3 Å². The van der Waals surface area contributed by atoms with Crippen LogP contribution in [0.2, 0.25) is 5.82 Å². The molecule has 3 nitrogen and oxygen atoms in total. The molecule has 0 aromatic carbocycles. The molecule has 0 heterocycles. The van der Waals surface area contributed by atoms with Crippen molar-refractivity contribution >= 4 is 13.6 Å². The summed E-state index contributed by atoms with van der Waals surface area (Å²) in [7, 11) is 5.95. The number of Topliss-reactive ketones (excluding diaryl/α,β-unsaturated/α-hetero) is 1. The lowest BCUT2D eigenvalue weighted by atomic mass is 9.58. The van der Waals surface area contributed by atoms with Crippen molar-refractivity contribution < 1.29 is 9.90 Å². The van der Waals surface area contributed by atoms with E-state index in [0.717, 1.165) is 0 Å². The molecule has 1 N–H and O–H groups in total. The highest BCUT2D eigenvalue weighted by molar-refractivity contribution is 6.15.